The first kappa shape index (κ1) is 20.7. The predicted molar refractivity (Wildman–Crippen MR) is 120 cm³/mol. The summed E-state index contributed by atoms with van der Waals surface area (Å²) in [5.74, 6) is -1.29. The van der Waals surface area contributed by atoms with Crippen molar-refractivity contribution in [2.45, 2.75) is 19.9 Å². The maximum atomic E-state index is 13.5. The summed E-state index contributed by atoms with van der Waals surface area (Å²) in [4.78, 5) is 30.3. The molecule has 158 valence electrons. The zero-order chi connectivity index (χ0) is 22.3. The summed E-state index contributed by atoms with van der Waals surface area (Å²) in [5, 5.41) is 12.6. The lowest BCUT2D eigenvalue weighted by atomic mass is 10.1. The van der Waals surface area contributed by atoms with E-state index >= 15 is 0 Å². The van der Waals surface area contributed by atoms with Crippen molar-refractivity contribution >= 4 is 33.2 Å². The summed E-state index contributed by atoms with van der Waals surface area (Å²) in [6.45, 7) is 3.77. The van der Waals surface area contributed by atoms with Crippen molar-refractivity contribution in [3.8, 4) is 11.4 Å². The number of hydrogen-bond acceptors (Lipinski definition) is 5. The lowest BCUT2D eigenvalue weighted by Gasteiger charge is -2.18. The molecule has 0 spiro atoms. The van der Waals surface area contributed by atoms with E-state index < -0.39 is 11.8 Å². The molecule has 0 bridgehead atoms. The minimum atomic E-state index is -1.22. The molecule has 2 heterocycles. The van der Waals surface area contributed by atoms with Gasteiger partial charge >= 0.3 is 5.97 Å². The Hall–Kier alpha value is -3.52. The number of carboxylic acid groups (broad SMARTS) is 1. The monoisotopic (exact) mass is 437 g/mol. The van der Waals surface area contributed by atoms with Gasteiger partial charge in [0.2, 0.25) is 0 Å². The molecule has 1 atom stereocenters. The maximum absolute atomic E-state index is 13.5. The predicted octanol–water partition coefficient (Wildman–Crippen LogP) is 4.98. The van der Waals surface area contributed by atoms with Crippen molar-refractivity contribution < 1.29 is 14.3 Å². The number of hydrogen-bond donors (Lipinski definition) is 2. The zero-order valence-electron chi connectivity index (χ0n) is 17.1. The minimum absolute atomic E-state index is 0.136. The van der Waals surface area contributed by atoms with Crippen LogP contribution in [0.5, 0.6) is 0 Å². The van der Waals surface area contributed by atoms with Crippen LogP contribution in [-0.2, 0) is 7.05 Å². The van der Waals surface area contributed by atoms with Crippen LogP contribution in [0.2, 0.25) is 0 Å². The van der Waals surface area contributed by atoms with Crippen LogP contribution in [0.4, 0.5) is 10.1 Å². The summed E-state index contributed by atoms with van der Waals surface area (Å²) in [6.07, 6.45) is 0. The summed E-state index contributed by atoms with van der Waals surface area (Å²) in [7, 11) is 1.70. The van der Waals surface area contributed by atoms with Gasteiger partial charge < -0.3 is 10.4 Å². The van der Waals surface area contributed by atoms with E-state index in [-0.39, 0.29) is 17.2 Å². The number of aryl methyl sites for hydroxylation is 1. The van der Waals surface area contributed by atoms with Gasteiger partial charge in [-0.15, -0.1) is 11.3 Å². The van der Waals surface area contributed by atoms with Crippen LogP contribution >= 0.6 is 11.3 Å². The standard InChI is InChI=1S/C23H20FN3O3S/c1-12(25-17-10-9-15(24)11-16(17)23(29)30)18-13(2)31-20-19(18)26-21(27(3)22(20)28)14-7-5-4-6-8-14/h4-12,25H,1-3H3,(H,29,30). The van der Waals surface area contributed by atoms with Crippen LogP contribution in [0.25, 0.3) is 21.6 Å². The molecular formula is C23H20FN3O3S. The van der Waals surface area contributed by atoms with Crippen molar-refractivity contribution in [2.24, 2.45) is 7.05 Å². The molecule has 0 aliphatic carbocycles. The second-order valence-corrected chi connectivity index (χ2v) is 8.50. The third-order valence-corrected chi connectivity index (χ3v) is 6.29. The van der Waals surface area contributed by atoms with Gasteiger partial charge in [0.15, 0.2) is 0 Å². The molecule has 31 heavy (non-hydrogen) atoms. The van der Waals surface area contributed by atoms with Crippen LogP contribution in [0.15, 0.2) is 53.3 Å². The molecule has 0 saturated heterocycles. The molecule has 0 fully saturated rings. The number of halogens is 1. The number of rotatable bonds is 5. The van der Waals surface area contributed by atoms with E-state index in [4.69, 9.17) is 4.98 Å². The summed E-state index contributed by atoms with van der Waals surface area (Å²) >= 11 is 1.36. The van der Waals surface area contributed by atoms with Crippen LogP contribution in [0.3, 0.4) is 0 Å². The largest absolute Gasteiger partial charge is 0.478 e. The topological polar surface area (TPSA) is 84.2 Å². The lowest BCUT2D eigenvalue weighted by Crippen LogP contribution is -2.20. The van der Waals surface area contributed by atoms with Crippen LogP contribution in [-0.4, -0.2) is 20.6 Å². The fourth-order valence-electron chi connectivity index (χ4n) is 3.71. The average Bonchev–Trinajstić information content (AvgIpc) is 3.08. The highest BCUT2D eigenvalue weighted by Crippen LogP contribution is 2.35. The fraction of sp³-hybridized carbons (Fsp3) is 0.174. The molecule has 2 aromatic carbocycles. The van der Waals surface area contributed by atoms with Gasteiger partial charge in [-0.2, -0.15) is 0 Å². The van der Waals surface area contributed by atoms with Crippen molar-refractivity contribution in [3.63, 3.8) is 0 Å². The number of thiophene rings is 1. The Morgan fingerprint density at radius 2 is 1.94 bits per heavy atom. The number of benzene rings is 2. The first-order valence-electron chi connectivity index (χ1n) is 9.62. The average molecular weight is 437 g/mol. The summed E-state index contributed by atoms with van der Waals surface area (Å²) in [5.41, 5.74) is 2.23. The van der Waals surface area contributed by atoms with Crippen molar-refractivity contribution in [3.05, 3.63) is 80.7 Å². The second-order valence-electron chi connectivity index (χ2n) is 7.28. The van der Waals surface area contributed by atoms with E-state index in [0.29, 0.717) is 21.7 Å². The Morgan fingerprint density at radius 3 is 2.61 bits per heavy atom. The highest BCUT2D eigenvalue weighted by molar-refractivity contribution is 7.19. The highest BCUT2D eigenvalue weighted by atomic mass is 32.1. The van der Waals surface area contributed by atoms with Crippen LogP contribution in [0.1, 0.15) is 33.8 Å². The Bertz CT molecular complexity index is 1360. The number of aromatic nitrogens is 2. The normalized spacial score (nSPS) is 12.1. The maximum Gasteiger partial charge on any atom is 0.337 e. The molecular weight excluding hydrogens is 417 g/mol. The number of carboxylic acids is 1. The Morgan fingerprint density at radius 1 is 1.23 bits per heavy atom. The first-order valence-corrected chi connectivity index (χ1v) is 10.4. The van der Waals surface area contributed by atoms with Crippen LogP contribution in [0, 0.1) is 12.7 Å². The molecule has 2 N–H and O–H groups in total. The summed E-state index contributed by atoms with van der Waals surface area (Å²) < 4.78 is 15.6. The number of nitrogens with one attached hydrogen (secondary N) is 1. The SMILES string of the molecule is Cc1sc2c(=O)n(C)c(-c3ccccc3)nc2c1C(C)Nc1ccc(F)cc1C(=O)O. The van der Waals surface area contributed by atoms with Crippen molar-refractivity contribution in [1.82, 2.24) is 9.55 Å². The summed E-state index contributed by atoms with van der Waals surface area (Å²) in [6, 6.07) is 12.7. The van der Waals surface area contributed by atoms with Gasteiger partial charge in [-0.25, -0.2) is 14.2 Å². The molecule has 8 heteroatoms. The Kier molecular flexibility index (Phi) is 5.32. The van der Waals surface area contributed by atoms with Gasteiger partial charge in [0, 0.05) is 28.7 Å². The van der Waals surface area contributed by atoms with E-state index in [1.54, 1.807) is 7.05 Å². The number of aromatic carboxylic acids is 1. The van der Waals surface area contributed by atoms with E-state index in [1.165, 1.54) is 28.0 Å². The Balaban J connectivity index is 1.85. The number of nitrogens with zero attached hydrogens (tertiary/aromatic N) is 2. The number of fused-ring (bicyclic) bond motifs is 1. The molecule has 2 aromatic heterocycles. The lowest BCUT2D eigenvalue weighted by molar-refractivity contribution is 0.0697. The third kappa shape index (κ3) is 3.70. The van der Waals surface area contributed by atoms with Gasteiger partial charge in [0.25, 0.3) is 5.56 Å². The molecule has 1 unspecified atom stereocenters. The smallest absolute Gasteiger partial charge is 0.337 e. The Labute approximate surface area is 181 Å². The van der Waals surface area contributed by atoms with Gasteiger partial charge in [-0.1, -0.05) is 30.3 Å². The van der Waals surface area contributed by atoms with Gasteiger partial charge in [-0.3, -0.25) is 9.36 Å². The van der Waals surface area contributed by atoms with E-state index in [9.17, 15) is 19.1 Å². The first-order chi connectivity index (χ1) is 14.8. The number of anilines is 1. The molecule has 0 radical (unpaired) electrons. The van der Waals surface area contributed by atoms with Gasteiger partial charge in [0.1, 0.15) is 16.3 Å². The minimum Gasteiger partial charge on any atom is -0.478 e. The zero-order valence-corrected chi connectivity index (χ0v) is 18.0. The van der Waals surface area contributed by atoms with E-state index in [1.807, 2.05) is 44.2 Å². The molecule has 6 nitrogen and oxygen atoms in total. The van der Waals surface area contributed by atoms with E-state index in [2.05, 4.69) is 5.32 Å². The second kappa shape index (κ2) is 7.96. The quantitative estimate of drug-likeness (QED) is 0.460. The molecule has 0 amide bonds. The molecule has 0 saturated carbocycles. The van der Waals surface area contributed by atoms with Gasteiger partial charge in [0.05, 0.1) is 17.1 Å². The third-order valence-electron chi connectivity index (χ3n) is 5.19. The number of carbonyl (C=O) groups is 1. The molecule has 0 aliphatic heterocycles. The van der Waals surface area contributed by atoms with Crippen LogP contribution < -0.4 is 10.9 Å². The highest BCUT2D eigenvalue weighted by Gasteiger charge is 2.22. The molecule has 4 aromatic rings. The van der Waals surface area contributed by atoms with Crippen molar-refractivity contribution in [1.29, 1.82) is 0 Å². The van der Waals surface area contributed by atoms with E-state index in [0.717, 1.165) is 22.1 Å². The fourth-order valence-corrected chi connectivity index (χ4v) is 4.88. The molecule has 4 rings (SSSR count). The van der Waals surface area contributed by atoms with Gasteiger partial charge in [-0.05, 0) is 32.0 Å². The van der Waals surface area contributed by atoms with Crippen molar-refractivity contribution in [2.75, 3.05) is 5.32 Å². The molecule has 0 aliphatic rings.